The molecule has 0 saturated heterocycles. The van der Waals surface area contributed by atoms with Crippen molar-refractivity contribution in [3.05, 3.63) is 46.7 Å². The summed E-state index contributed by atoms with van der Waals surface area (Å²) in [5.74, 6) is -0.720. The predicted molar refractivity (Wildman–Crippen MR) is 79.4 cm³/mol. The number of aliphatic hydroxyl groups excluding tert-OH is 1. The summed E-state index contributed by atoms with van der Waals surface area (Å²) < 4.78 is 5.11. The third kappa shape index (κ3) is 3.89. The molecule has 1 aromatic carbocycles. The minimum absolute atomic E-state index is 0.0537. The molecule has 0 spiro atoms. The molecule has 1 aromatic rings. The van der Waals surface area contributed by atoms with Gasteiger partial charge in [0.25, 0.3) is 0 Å². The van der Waals surface area contributed by atoms with Gasteiger partial charge in [0.1, 0.15) is 11.3 Å². The Kier molecular flexibility index (Phi) is 5.24. The Labute approximate surface area is 118 Å². The first-order chi connectivity index (χ1) is 8.84. The molecule has 19 heavy (non-hydrogen) atoms. The number of carbonyl (C=O) groups is 1. The van der Waals surface area contributed by atoms with Crippen molar-refractivity contribution < 1.29 is 14.6 Å². The van der Waals surface area contributed by atoms with Gasteiger partial charge in [0.15, 0.2) is 0 Å². The van der Waals surface area contributed by atoms with E-state index < -0.39 is 5.97 Å². The molecule has 0 saturated carbocycles. The molecule has 0 radical (unpaired) electrons. The average Bonchev–Trinajstić information content (AvgIpc) is 2.27. The molecular formula is C15H18O3S. The third-order valence-corrected chi connectivity index (χ3v) is 2.95. The van der Waals surface area contributed by atoms with Crippen molar-refractivity contribution in [1.82, 2.24) is 0 Å². The Balaban J connectivity index is 3.16. The molecule has 1 rings (SSSR count). The summed E-state index contributed by atoms with van der Waals surface area (Å²) >= 11 is 5.32. The number of allylic oxidation sites excluding steroid dienone is 1. The van der Waals surface area contributed by atoms with Gasteiger partial charge >= 0.3 is 5.97 Å². The second kappa shape index (κ2) is 6.48. The average molecular weight is 278 g/mol. The summed E-state index contributed by atoms with van der Waals surface area (Å²) in [6.45, 7) is 6.83. The molecule has 0 aromatic heterocycles. The van der Waals surface area contributed by atoms with Gasteiger partial charge in [-0.05, 0) is 38.8 Å². The topological polar surface area (TPSA) is 46.5 Å². The van der Waals surface area contributed by atoms with Crippen molar-refractivity contribution in [3.63, 3.8) is 0 Å². The van der Waals surface area contributed by atoms with E-state index in [9.17, 15) is 9.90 Å². The van der Waals surface area contributed by atoms with Gasteiger partial charge in [-0.3, -0.25) is 0 Å². The number of aryl methyl sites for hydroxylation is 1. The van der Waals surface area contributed by atoms with E-state index in [-0.39, 0.29) is 17.4 Å². The van der Waals surface area contributed by atoms with Gasteiger partial charge in [-0.15, -0.1) is 0 Å². The number of rotatable bonds is 4. The molecule has 0 atom stereocenters. The molecule has 0 amide bonds. The van der Waals surface area contributed by atoms with Crippen LogP contribution in [0.5, 0.6) is 0 Å². The van der Waals surface area contributed by atoms with Crippen molar-refractivity contribution in [2.75, 3.05) is 0 Å². The van der Waals surface area contributed by atoms with E-state index in [0.29, 0.717) is 4.86 Å². The quantitative estimate of drug-likeness (QED) is 0.301. The minimum atomic E-state index is -0.594. The zero-order chi connectivity index (χ0) is 14.6. The Bertz CT molecular complexity index is 526. The highest BCUT2D eigenvalue weighted by Crippen LogP contribution is 2.18. The maximum absolute atomic E-state index is 12.0. The van der Waals surface area contributed by atoms with Gasteiger partial charge in [-0.2, -0.15) is 0 Å². The van der Waals surface area contributed by atoms with Crippen LogP contribution >= 0.6 is 12.2 Å². The molecular weight excluding hydrogens is 260 g/mol. The molecule has 0 bridgehead atoms. The monoisotopic (exact) mass is 278 g/mol. The van der Waals surface area contributed by atoms with E-state index in [2.05, 4.69) is 0 Å². The van der Waals surface area contributed by atoms with Crippen LogP contribution in [-0.4, -0.2) is 22.0 Å². The Hall–Kier alpha value is -1.68. The van der Waals surface area contributed by atoms with Crippen molar-refractivity contribution >= 4 is 23.1 Å². The first-order valence-corrected chi connectivity index (χ1v) is 6.46. The largest absolute Gasteiger partial charge is 0.512 e. The van der Waals surface area contributed by atoms with Crippen molar-refractivity contribution in [2.45, 2.75) is 33.8 Å². The maximum atomic E-state index is 12.0. The zero-order valence-electron chi connectivity index (χ0n) is 11.6. The smallest absolute Gasteiger partial charge is 0.343 e. The van der Waals surface area contributed by atoms with Crippen LogP contribution in [0.15, 0.2) is 35.6 Å². The van der Waals surface area contributed by atoms with E-state index in [0.717, 1.165) is 11.1 Å². The van der Waals surface area contributed by atoms with Crippen LogP contribution < -0.4 is 0 Å². The van der Waals surface area contributed by atoms with Crippen LogP contribution in [-0.2, 0) is 9.53 Å². The predicted octanol–water partition coefficient (Wildman–Crippen LogP) is 3.50. The molecule has 3 nitrogen and oxygen atoms in total. The number of thiocarbonyl (C=S) groups is 1. The molecule has 102 valence electrons. The first-order valence-electron chi connectivity index (χ1n) is 6.05. The molecule has 0 unspecified atom stereocenters. The lowest BCUT2D eigenvalue weighted by Crippen LogP contribution is -2.21. The van der Waals surface area contributed by atoms with Crippen LogP contribution in [0, 0.1) is 6.92 Å². The van der Waals surface area contributed by atoms with Crippen LogP contribution in [0.3, 0.4) is 0 Å². The van der Waals surface area contributed by atoms with Gasteiger partial charge in [0.05, 0.1) is 11.0 Å². The van der Waals surface area contributed by atoms with E-state index in [1.807, 2.05) is 31.2 Å². The fourth-order valence-corrected chi connectivity index (χ4v) is 2.10. The van der Waals surface area contributed by atoms with E-state index in [1.54, 1.807) is 13.8 Å². The Morgan fingerprint density at radius 1 is 1.32 bits per heavy atom. The van der Waals surface area contributed by atoms with E-state index >= 15 is 0 Å². The first kappa shape index (κ1) is 15.4. The molecule has 0 heterocycles. The van der Waals surface area contributed by atoms with Crippen molar-refractivity contribution in [2.24, 2.45) is 0 Å². The zero-order valence-corrected chi connectivity index (χ0v) is 12.4. The lowest BCUT2D eigenvalue weighted by atomic mass is 9.99. The lowest BCUT2D eigenvalue weighted by molar-refractivity contribution is -0.142. The summed E-state index contributed by atoms with van der Waals surface area (Å²) in [5.41, 5.74) is 1.75. The summed E-state index contributed by atoms with van der Waals surface area (Å²) in [6, 6.07) is 7.46. The standard InChI is InChI=1S/C15H18O3S/c1-9(2)18-15(17)13(11(4)16)14(19)12-8-6-5-7-10(12)3/h5-9,16H,1-4H3. The highest BCUT2D eigenvalue weighted by atomic mass is 32.1. The number of hydrogen-bond acceptors (Lipinski definition) is 4. The Morgan fingerprint density at radius 2 is 1.89 bits per heavy atom. The number of ether oxygens (including phenoxy) is 1. The molecule has 0 aliphatic rings. The molecule has 0 aliphatic carbocycles. The van der Waals surface area contributed by atoms with Gasteiger partial charge in [-0.25, -0.2) is 4.79 Å². The van der Waals surface area contributed by atoms with Gasteiger partial charge in [0.2, 0.25) is 0 Å². The van der Waals surface area contributed by atoms with E-state index in [4.69, 9.17) is 17.0 Å². The van der Waals surface area contributed by atoms with E-state index in [1.165, 1.54) is 6.92 Å². The molecule has 0 fully saturated rings. The maximum Gasteiger partial charge on any atom is 0.343 e. The SMILES string of the molecule is CC(O)=C(C(=O)OC(C)C)C(=S)c1ccccc1C. The highest BCUT2D eigenvalue weighted by molar-refractivity contribution is 7.81. The second-order valence-electron chi connectivity index (χ2n) is 4.56. The summed E-state index contributed by atoms with van der Waals surface area (Å²) in [7, 11) is 0. The Morgan fingerprint density at radius 3 is 2.37 bits per heavy atom. The fourth-order valence-electron chi connectivity index (χ4n) is 1.64. The van der Waals surface area contributed by atoms with Crippen molar-refractivity contribution in [1.29, 1.82) is 0 Å². The van der Waals surface area contributed by atoms with Crippen molar-refractivity contribution in [3.8, 4) is 0 Å². The number of esters is 1. The lowest BCUT2D eigenvalue weighted by Gasteiger charge is -2.14. The third-order valence-electron chi connectivity index (χ3n) is 2.53. The number of carbonyl (C=O) groups excluding carboxylic acids is 1. The fraction of sp³-hybridized carbons (Fsp3) is 0.333. The number of aliphatic hydroxyl groups is 1. The number of benzene rings is 1. The molecule has 0 aliphatic heterocycles. The number of hydrogen-bond donors (Lipinski definition) is 1. The minimum Gasteiger partial charge on any atom is -0.512 e. The van der Waals surface area contributed by atoms with Gasteiger partial charge < -0.3 is 9.84 Å². The second-order valence-corrected chi connectivity index (χ2v) is 4.97. The van der Waals surface area contributed by atoms with Gasteiger partial charge in [-0.1, -0.05) is 36.5 Å². The normalized spacial score (nSPS) is 12.1. The van der Waals surface area contributed by atoms with Gasteiger partial charge in [0, 0.05) is 0 Å². The summed E-state index contributed by atoms with van der Waals surface area (Å²) in [4.78, 5) is 12.3. The van der Waals surface area contributed by atoms with Crippen LogP contribution in [0.4, 0.5) is 0 Å². The van der Waals surface area contributed by atoms with Crippen LogP contribution in [0.1, 0.15) is 31.9 Å². The van der Waals surface area contributed by atoms with Crippen LogP contribution in [0.25, 0.3) is 0 Å². The summed E-state index contributed by atoms with van der Waals surface area (Å²) in [5, 5.41) is 9.71. The van der Waals surface area contributed by atoms with Crippen LogP contribution in [0.2, 0.25) is 0 Å². The molecule has 4 heteroatoms. The highest BCUT2D eigenvalue weighted by Gasteiger charge is 2.22. The summed E-state index contributed by atoms with van der Waals surface area (Å²) in [6.07, 6.45) is -0.262. The molecule has 1 N–H and O–H groups in total.